The van der Waals surface area contributed by atoms with Crippen molar-refractivity contribution in [3.05, 3.63) is 54.1 Å². The monoisotopic (exact) mass is 405 g/mol. The van der Waals surface area contributed by atoms with E-state index in [2.05, 4.69) is 46.5 Å². The Hall–Kier alpha value is -2.93. The summed E-state index contributed by atoms with van der Waals surface area (Å²) in [7, 11) is 0. The molecule has 6 rings (SSSR count). The Bertz CT molecular complexity index is 1070. The number of carboxylic acid groups (broad SMARTS) is 1. The second-order valence-corrected chi connectivity index (χ2v) is 8.71. The minimum Gasteiger partial charge on any atom is -0.465 e. The van der Waals surface area contributed by atoms with Crippen molar-refractivity contribution in [2.24, 2.45) is 0 Å². The highest BCUT2D eigenvalue weighted by Crippen LogP contribution is 2.32. The molecule has 156 valence electrons. The van der Waals surface area contributed by atoms with Gasteiger partial charge in [0.25, 0.3) is 0 Å². The molecule has 3 aromatic heterocycles. The lowest BCUT2D eigenvalue weighted by atomic mass is 9.91. The fourth-order valence-corrected chi connectivity index (χ4v) is 4.85. The highest BCUT2D eigenvalue weighted by molar-refractivity contribution is 5.67. The van der Waals surface area contributed by atoms with Gasteiger partial charge in [0, 0.05) is 55.4 Å². The van der Waals surface area contributed by atoms with Crippen LogP contribution in [0.3, 0.4) is 0 Å². The first-order chi connectivity index (χ1) is 14.5. The van der Waals surface area contributed by atoms with E-state index in [1.165, 1.54) is 0 Å². The molecule has 7 nitrogen and oxygen atoms in total. The fourth-order valence-electron chi connectivity index (χ4n) is 4.85. The normalized spacial score (nSPS) is 21.6. The molecular weight excluding hydrogens is 378 g/mol. The summed E-state index contributed by atoms with van der Waals surface area (Å²) in [5, 5.41) is 9.49. The van der Waals surface area contributed by atoms with E-state index in [1.54, 1.807) is 4.90 Å². The summed E-state index contributed by atoms with van der Waals surface area (Å²) in [4.78, 5) is 25.2. The molecule has 0 aromatic carbocycles. The van der Waals surface area contributed by atoms with Crippen LogP contribution < -0.4 is 0 Å². The zero-order valence-corrected chi connectivity index (χ0v) is 17.4. The lowest BCUT2D eigenvalue weighted by Crippen LogP contribution is -2.63. The summed E-state index contributed by atoms with van der Waals surface area (Å²) in [6.45, 7) is 6.41. The molecule has 3 fully saturated rings. The van der Waals surface area contributed by atoms with Crippen LogP contribution in [0.25, 0.3) is 16.9 Å². The summed E-state index contributed by atoms with van der Waals surface area (Å²) in [5.41, 5.74) is 5.11. The zero-order valence-electron chi connectivity index (χ0n) is 17.4. The van der Waals surface area contributed by atoms with E-state index >= 15 is 0 Å². The van der Waals surface area contributed by atoms with Crippen molar-refractivity contribution >= 4 is 11.7 Å². The van der Waals surface area contributed by atoms with E-state index in [0.717, 1.165) is 54.2 Å². The van der Waals surface area contributed by atoms with Gasteiger partial charge in [0.2, 0.25) is 0 Å². The molecule has 2 unspecified atom stereocenters. The van der Waals surface area contributed by atoms with Crippen LogP contribution in [-0.2, 0) is 6.54 Å². The molecule has 3 aliphatic heterocycles. The van der Waals surface area contributed by atoms with Crippen LogP contribution >= 0.6 is 0 Å². The topological polar surface area (TPSA) is 74.0 Å². The molecule has 0 radical (unpaired) electrons. The molecule has 6 heterocycles. The first-order valence-corrected chi connectivity index (χ1v) is 10.7. The maximum atomic E-state index is 11.5. The number of nitrogens with zero attached hydrogens (tertiary/aromatic N) is 5. The second-order valence-electron chi connectivity index (χ2n) is 8.71. The van der Waals surface area contributed by atoms with Gasteiger partial charge >= 0.3 is 6.09 Å². The number of aromatic nitrogens is 3. The van der Waals surface area contributed by atoms with Crippen LogP contribution in [-0.4, -0.2) is 60.5 Å². The molecular formula is C23H27N5O2. The minimum atomic E-state index is -0.795. The Morgan fingerprint density at radius 1 is 1.17 bits per heavy atom. The Balaban J connectivity index is 1.50. The first kappa shape index (κ1) is 19.1. The highest BCUT2D eigenvalue weighted by atomic mass is 16.4. The van der Waals surface area contributed by atoms with Crippen LogP contribution in [0.1, 0.15) is 44.0 Å². The standard InChI is InChI=1S/C23H27N5O2/c1-15(2)19-9-6-16(11-24-19)22-20(27-10-4-3-5-21(27)25-22)14-26-12-18-8-7-17(26)13-28(18)23(29)30/h3-6,9-11,15,17-18H,7-8,12-14H2,1-2H3,(H,29,30). The van der Waals surface area contributed by atoms with Gasteiger partial charge < -0.3 is 14.4 Å². The number of pyridine rings is 2. The lowest BCUT2D eigenvalue weighted by Gasteiger charge is -2.50. The van der Waals surface area contributed by atoms with E-state index in [4.69, 9.17) is 4.98 Å². The van der Waals surface area contributed by atoms with Crippen molar-refractivity contribution in [1.29, 1.82) is 0 Å². The Labute approximate surface area is 176 Å². The number of piperazine rings is 1. The summed E-state index contributed by atoms with van der Waals surface area (Å²) in [5.74, 6) is 0.390. The molecule has 2 atom stereocenters. The smallest absolute Gasteiger partial charge is 0.407 e. The van der Waals surface area contributed by atoms with Crippen molar-refractivity contribution in [1.82, 2.24) is 24.2 Å². The number of piperidine rings is 2. The van der Waals surface area contributed by atoms with Gasteiger partial charge in [0.1, 0.15) is 5.65 Å². The van der Waals surface area contributed by atoms with Gasteiger partial charge in [0.15, 0.2) is 0 Å². The van der Waals surface area contributed by atoms with Gasteiger partial charge in [-0.05, 0) is 43.0 Å². The Morgan fingerprint density at radius 3 is 2.67 bits per heavy atom. The molecule has 1 amide bonds. The Kier molecular flexibility index (Phi) is 4.70. The third kappa shape index (κ3) is 3.23. The van der Waals surface area contributed by atoms with Gasteiger partial charge in [-0.15, -0.1) is 0 Å². The molecule has 1 N–H and O–H groups in total. The fraction of sp³-hybridized carbons (Fsp3) is 0.435. The summed E-state index contributed by atoms with van der Waals surface area (Å²) in [6, 6.07) is 10.6. The number of rotatable bonds is 4. The zero-order chi connectivity index (χ0) is 20.8. The van der Waals surface area contributed by atoms with Gasteiger partial charge in [-0.1, -0.05) is 19.9 Å². The molecule has 0 saturated carbocycles. The van der Waals surface area contributed by atoms with Crippen molar-refractivity contribution in [3.8, 4) is 11.3 Å². The van der Waals surface area contributed by atoms with Gasteiger partial charge in [-0.2, -0.15) is 0 Å². The second kappa shape index (κ2) is 7.40. The average Bonchev–Trinajstić information content (AvgIpc) is 3.12. The maximum absolute atomic E-state index is 11.5. The average molecular weight is 406 g/mol. The molecule has 0 aliphatic carbocycles. The van der Waals surface area contributed by atoms with E-state index in [1.807, 2.05) is 24.4 Å². The van der Waals surface area contributed by atoms with Crippen LogP contribution in [0, 0.1) is 0 Å². The molecule has 3 saturated heterocycles. The summed E-state index contributed by atoms with van der Waals surface area (Å²) < 4.78 is 2.16. The number of imidazole rings is 1. The largest absolute Gasteiger partial charge is 0.465 e. The van der Waals surface area contributed by atoms with Crippen molar-refractivity contribution < 1.29 is 9.90 Å². The van der Waals surface area contributed by atoms with Gasteiger partial charge in [-0.3, -0.25) is 9.88 Å². The van der Waals surface area contributed by atoms with Crippen molar-refractivity contribution in [2.75, 3.05) is 13.1 Å². The number of hydrogen-bond donors (Lipinski definition) is 1. The predicted molar refractivity (Wildman–Crippen MR) is 114 cm³/mol. The highest BCUT2D eigenvalue weighted by Gasteiger charge is 2.41. The SMILES string of the molecule is CC(C)c1ccc(-c2nc3ccccn3c2CN2CC3CCC2CN3C(=O)O)cn1. The Morgan fingerprint density at radius 2 is 2.00 bits per heavy atom. The summed E-state index contributed by atoms with van der Waals surface area (Å²) in [6.07, 6.45) is 5.19. The molecule has 2 bridgehead atoms. The van der Waals surface area contributed by atoms with Gasteiger partial charge in [-0.25, -0.2) is 9.78 Å². The third-order valence-corrected chi connectivity index (χ3v) is 6.52. The molecule has 0 spiro atoms. The van der Waals surface area contributed by atoms with E-state index in [-0.39, 0.29) is 12.1 Å². The van der Waals surface area contributed by atoms with Crippen molar-refractivity contribution in [3.63, 3.8) is 0 Å². The summed E-state index contributed by atoms with van der Waals surface area (Å²) >= 11 is 0. The van der Waals surface area contributed by atoms with Crippen LogP contribution in [0.15, 0.2) is 42.7 Å². The first-order valence-electron chi connectivity index (χ1n) is 10.7. The lowest BCUT2D eigenvalue weighted by molar-refractivity contribution is -0.0158. The van der Waals surface area contributed by atoms with E-state index in [9.17, 15) is 9.90 Å². The van der Waals surface area contributed by atoms with E-state index in [0.29, 0.717) is 12.5 Å². The number of fused-ring (bicyclic) bond motifs is 4. The van der Waals surface area contributed by atoms with Crippen LogP contribution in [0.2, 0.25) is 0 Å². The quantitative estimate of drug-likeness (QED) is 0.714. The molecule has 7 heteroatoms. The third-order valence-electron chi connectivity index (χ3n) is 6.52. The predicted octanol–water partition coefficient (Wildman–Crippen LogP) is 3.85. The molecule has 3 aromatic rings. The van der Waals surface area contributed by atoms with Crippen LogP contribution in [0.4, 0.5) is 4.79 Å². The van der Waals surface area contributed by atoms with Gasteiger partial charge in [0.05, 0.1) is 11.4 Å². The van der Waals surface area contributed by atoms with Crippen molar-refractivity contribution in [2.45, 2.75) is 51.2 Å². The maximum Gasteiger partial charge on any atom is 0.407 e. The molecule has 30 heavy (non-hydrogen) atoms. The number of amides is 1. The number of hydrogen-bond acceptors (Lipinski definition) is 4. The minimum absolute atomic E-state index is 0.0853. The van der Waals surface area contributed by atoms with Crippen LogP contribution in [0.5, 0.6) is 0 Å². The van der Waals surface area contributed by atoms with E-state index < -0.39 is 6.09 Å². The number of carbonyl (C=O) groups is 1. The molecule has 3 aliphatic rings.